The number of benzene rings is 1. The fourth-order valence-electron chi connectivity index (χ4n) is 1.45. The van der Waals surface area contributed by atoms with E-state index < -0.39 is 6.10 Å². The molecule has 18 heavy (non-hydrogen) atoms. The standard InChI is InChI=1S/C12H13BrClNO3/c1-7(12(16)15-9-5-17-6-9)18-11-3-2-8(14)4-10(11)13/h2-4,7,9H,5-6H2,1H3,(H,15,16). The van der Waals surface area contributed by atoms with Crippen LogP contribution in [-0.4, -0.2) is 31.3 Å². The first-order chi connectivity index (χ1) is 8.56. The Morgan fingerprint density at radius 1 is 1.61 bits per heavy atom. The predicted octanol–water partition coefficient (Wildman–Crippen LogP) is 2.38. The van der Waals surface area contributed by atoms with E-state index in [1.165, 1.54) is 0 Å². The third-order valence-corrected chi connectivity index (χ3v) is 3.41. The molecule has 0 radical (unpaired) electrons. The van der Waals surface area contributed by atoms with Gasteiger partial charge in [-0.15, -0.1) is 0 Å². The molecular weight excluding hydrogens is 321 g/mol. The summed E-state index contributed by atoms with van der Waals surface area (Å²) in [7, 11) is 0. The summed E-state index contributed by atoms with van der Waals surface area (Å²) in [6, 6.07) is 5.27. The molecule has 2 rings (SSSR count). The van der Waals surface area contributed by atoms with Gasteiger partial charge < -0.3 is 14.8 Å². The Kier molecular flexibility index (Phi) is 4.48. The first kappa shape index (κ1) is 13.6. The minimum Gasteiger partial charge on any atom is -0.480 e. The van der Waals surface area contributed by atoms with Crippen LogP contribution in [0, 0.1) is 0 Å². The second-order valence-corrected chi connectivity index (χ2v) is 5.37. The van der Waals surface area contributed by atoms with Gasteiger partial charge in [0.05, 0.1) is 23.7 Å². The molecule has 1 aromatic carbocycles. The van der Waals surface area contributed by atoms with E-state index >= 15 is 0 Å². The van der Waals surface area contributed by atoms with Crippen molar-refractivity contribution in [2.24, 2.45) is 0 Å². The summed E-state index contributed by atoms with van der Waals surface area (Å²) in [6.07, 6.45) is -0.567. The molecule has 1 aliphatic heterocycles. The molecule has 0 spiro atoms. The second-order valence-electron chi connectivity index (χ2n) is 4.08. The molecule has 1 fully saturated rings. The van der Waals surface area contributed by atoms with Gasteiger partial charge in [-0.3, -0.25) is 4.79 Å². The van der Waals surface area contributed by atoms with E-state index in [1.54, 1.807) is 25.1 Å². The summed E-state index contributed by atoms with van der Waals surface area (Å²) in [6.45, 7) is 2.85. The van der Waals surface area contributed by atoms with Gasteiger partial charge >= 0.3 is 0 Å². The molecule has 1 saturated heterocycles. The Hall–Kier alpha value is -0.780. The molecule has 1 aliphatic rings. The van der Waals surface area contributed by atoms with Crippen molar-refractivity contribution in [1.29, 1.82) is 0 Å². The maximum Gasteiger partial charge on any atom is 0.261 e. The lowest BCUT2D eigenvalue weighted by Crippen LogP contribution is -2.51. The topological polar surface area (TPSA) is 47.6 Å². The van der Waals surface area contributed by atoms with Crippen molar-refractivity contribution < 1.29 is 14.3 Å². The minimum absolute atomic E-state index is 0.109. The molecule has 0 saturated carbocycles. The molecule has 6 heteroatoms. The lowest BCUT2D eigenvalue weighted by molar-refractivity contribution is -0.131. The van der Waals surface area contributed by atoms with Crippen molar-refractivity contribution in [2.75, 3.05) is 13.2 Å². The fraction of sp³-hybridized carbons (Fsp3) is 0.417. The van der Waals surface area contributed by atoms with Crippen LogP contribution in [0.1, 0.15) is 6.92 Å². The molecule has 1 aromatic rings. The van der Waals surface area contributed by atoms with Gasteiger partial charge in [-0.1, -0.05) is 11.6 Å². The quantitative estimate of drug-likeness (QED) is 0.920. The summed E-state index contributed by atoms with van der Waals surface area (Å²) in [5, 5.41) is 3.45. The predicted molar refractivity (Wildman–Crippen MR) is 72.0 cm³/mol. The summed E-state index contributed by atoms with van der Waals surface area (Å²) in [5.74, 6) is 0.442. The molecule has 4 nitrogen and oxygen atoms in total. The number of carbonyl (C=O) groups is 1. The highest BCUT2D eigenvalue weighted by Crippen LogP contribution is 2.28. The number of hydrogen-bond acceptors (Lipinski definition) is 3. The average Bonchev–Trinajstić information content (AvgIpc) is 2.27. The van der Waals surface area contributed by atoms with Crippen LogP contribution in [0.15, 0.2) is 22.7 Å². The zero-order valence-electron chi connectivity index (χ0n) is 9.78. The van der Waals surface area contributed by atoms with Gasteiger partial charge in [-0.25, -0.2) is 0 Å². The molecule has 0 aromatic heterocycles. The number of halogens is 2. The molecule has 98 valence electrons. The average molecular weight is 335 g/mol. The third-order valence-electron chi connectivity index (χ3n) is 2.55. The van der Waals surface area contributed by atoms with E-state index in [2.05, 4.69) is 21.2 Å². The van der Waals surface area contributed by atoms with Gasteiger partial charge in [0.2, 0.25) is 0 Å². The number of ether oxygens (including phenoxy) is 2. The summed E-state index contributed by atoms with van der Waals surface area (Å²) in [5.41, 5.74) is 0. The van der Waals surface area contributed by atoms with Crippen molar-refractivity contribution in [2.45, 2.75) is 19.1 Å². The second kappa shape index (κ2) is 5.91. The molecule has 1 amide bonds. The minimum atomic E-state index is -0.567. The highest BCUT2D eigenvalue weighted by molar-refractivity contribution is 9.10. The van der Waals surface area contributed by atoms with Crippen molar-refractivity contribution in [3.8, 4) is 5.75 Å². The lowest BCUT2D eigenvalue weighted by atomic mass is 10.2. The lowest BCUT2D eigenvalue weighted by Gasteiger charge is -2.28. The Morgan fingerprint density at radius 3 is 2.89 bits per heavy atom. The maximum absolute atomic E-state index is 11.8. The maximum atomic E-state index is 11.8. The van der Waals surface area contributed by atoms with Crippen LogP contribution in [0.25, 0.3) is 0 Å². The van der Waals surface area contributed by atoms with Gasteiger partial charge in [0.25, 0.3) is 5.91 Å². The van der Waals surface area contributed by atoms with Gasteiger partial charge in [-0.05, 0) is 41.1 Å². The first-order valence-corrected chi connectivity index (χ1v) is 6.73. The summed E-state index contributed by atoms with van der Waals surface area (Å²) >= 11 is 9.17. The Labute approximate surface area is 119 Å². The Balaban J connectivity index is 1.92. The molecule has 1 N–H and O–H groups in total. The van der Waals surface area contributed by atoms with Crippen LogP contribution in [0.5, 0.6) is 5.75 Å². The largest absolute Gasteiger partial charge is 0.480 e. The SMILES string of the molecule is CC(Oc1ccc(Cl)cc1Br)C(=O)NC1COC1. The van der Waals surface area contributed by atoms with Crippen molar-refractivity contribution in [3.63, 3.8) is 0 Å². The third kappa shape index (κ3) is 3.37. The van der Waals surface area contributed by atoms with Crippen LogP contribution in [0.4, 0.5) is 0 Å². The molecule has 1 atom stereocenters. The van der Waals surface area contributed by atoms with Gasteiger partial charge in [-0.2, -0.15) is 0 Å². The van der Waals surface area contributed by atoms with Crippen LogP contribution in [0.2, 0.25) is 5.02 Å². The van der Waals surface area contributed by atoms with Crippen LogP contribution in [0.3, 0.4) is 0 Å². The van der Waals surface area contributed by atoms with E-state index in [9.17, 15) is 4.79 Å². The van der Waals surface area contributed by atoms with Crippen molar-refractivity contribution in [1.82, 2.24) is 5.32 Å². The molecule has 0 aliphatic carbocycles. The van der Waals surface area contributed by atoms with E-state index in [1.807, 2.05) is 0 Å². The van der Waals surface area contributed by atoms with Gasteiger partial charge in [0.1, 0.15) is 5.75 Å². The Bertz CT molecular complexity index is 451. The van der Waals surface area contributed by atoms with E-state index in [0.717, 1.165) is 4.47 Å². The zero-order valence-corrected chi connectivity index (χ0v) is 12.1. The van der Waals surface area contributed by atoms with Gasteiger partial charge in [0, 0.05) is 5.02 Å². The van der Waals surface area contributed by atoms with E-state index in [-0.39, 0.29) is 11.9 Å². The molecule has 0 bridgehead atoms. The molecule has 1 heterocycles. The number of hydrogen-bond donors (Lipinski definition) is 1. The van der Waals surface area contributed by atoms with E-state index in [0.29, 0.717) is 24.0 Å². The first-order valence-electron chi connectivity index (χ1n) is 5.56. The van der Waals surface area contributed by atoms with Crippen LogP contribution in [-0.2, 0) is 9.53 Å². The number of amides is 1. The highest BCUT2D eigenvalue weighted by Gasteiger charge is 2.24. The number of nitrogens with one attached hydrogen (secondary N) is 1. The number of carbonyl (C=O) groups excluding carboxylic acids is 1. The molecular formula is C12H13BrClNO3. The van der Waals surface area contributed by atoms with Gasteiger partial charge in [0.15, 0.2) is 6.10 Å². The molecule has 1 unspecified atom stereocenters. The smallest absolute Gasteiger partial charge is 0.261 e. The Morgan fingerprint density at radius 2 is 2.33 bits per heavy atom. The van der Waals surface area contributed by atoms with E-state index in [4.69, 9.17) is 21.1 Å². The summed E-state index contributed by atoms with van der Waals surface area (Å²) < 4.78 is 11.3. The highest BCUT2D eigenvalue weighted by atomic mass is 79.9. The monoisotopic (exact) mass is 333 g/mol. The van der Waals surface area contributed by atoms with Crippen LogP contribution >= 0.6 is 27.5 Å². The number of rotatable bonds is 4. The van der Waals surface area contributed by atoms with Crippen molar-refractivity contribution >= 4 is 33.4 Å². The zero-order chi connectivity index (χ0) is 13.1. The van der Waals surface area contributed by atoms with Crippen LogP contribution < -0.4 is 10.1 Å². The normalized spacial score (nSPS) is 16.8. The van der Waals surface area contributed by atoms with Crippen molar-refractivity contribution in [3.05, 3.63) is 27.7 Å². The fourth-order valence-corrected chi connectivity index (χ4v) is 2.23. The summed E-state index contributed by atoms with van der Waals surface area (Å²) in [4.78, 5) is 11.8.